The van der Waals surface area contributed by atoms with Gasteiger partial charge in [0.2, 0.25) is 10.0 Å². The Morgan fingerprint density at radius 2 is 2.12 bits per heavy atom. The van der Waals surface area contributed by atoms with E-state index in [4.69, 9.17) is 11.6 Å². The highest BCUT2D eigenvalue weighted by Gasteiger charge is 2.43. The molecule has 2 unspecified atom stereocenters. The molecule has 10 heteroatoms. The highest BCUT2D eigenvalue weighted by Crippen LogP contribution is 2.39. The average Bonchev–Trinajstić information content (AvgIpc) is 2.83. The molecule has 0 saturated carbocycles. The van der Waals surface area contributed by atoms with Crippen LogP contribution in [0.4, 0.5) is 0 Å². The summed E-state index contributed by atoms with van der Waals surface area (Å²) in [6, 6.07) is 4.54. The molecule has 0 aromatic heterocycles. The van der Waals surface area contributed by atoms with E-state index in [-0.39, 0.29) is 9.92 Å². The third-order valence-corrected chi connectivity index (χ3v) is 7.49. The molecule has 1 aromatic carbocycles. The molecule has 2 atom stereocenters. The Bertz CT molecular complexity index is 785. The summed E-state index contributed by atoms with van der Waals surface area (Å²) in [6.45, 7) is 1.73. The molecule has 25 heavy (non-hydrogen) atoms. The molecule has 1 heterocycles. The van der Waals surface area contributed by atoms with Crippen molar-refractivity contribution in [2.75, 3.05) is 33.9 Å². The first-order valence-electron chi connectivity index (χ1n) is 7.57. The summed E-state index contributed by atoms with van der Waals surface area (Å²) in [5.74, 6) is 0.346. The fourth-order valence-electron chi connectivity index (χ4n) is 2.36. The largest absolute Gasteiger partial charge is 0.366 e. The van der Waals surface area contributed by atoms with Crippen LogP contribution in [0.5, 0.6) is 0 Å². The Hall–Kier alpha value is -0.840. The maximum absolute atomic E-state index is 12.7. The molecule has 0 bridgehead atoms. The number of rotatable bonds is 5. The summed E-state index contributed by atoms with van der Waals surface area (Å²) < 4.78 is 28.0. The van der Waals surface area contributed by atoms with Crippen molar-refractivity contribution >= 4 is 38.6 Å². The van der Waals surface area contributed by atoms with Crippen molar-refractivity contribution in [3.05, 3.63) is 28.8 Å². The molecule has 0 spiro atoms. The number of thioether (sulfide) groups is 1. The topological polar surface area (TPSA) is 85.2 Å². The van der Waals surface area contributed by atoms with E-state index in [1.54, 1.807) is 51.0 Å². The van der Waals surface area contributed by atoms with Gasteiger partial charge in [0.15, 0.2) is 10.9 Å². The first kappa shape index (κ1) is 20.5. The smallest absolute Gasteiger partial charge is 0.243 e. The second-order valence-electron chi connectivity index (χ2n) is 6.08. The van der Waals surface area contributed by atoms with E-state index in [1.807, 2.05) is 0 Å². The van der Waals surface area contributed by atoms with Crippen LogP contribution >= 0.6 is 23.4 Å². The molecular weight excluding hydrogens is 384 g/mol. The van der Waals surface area contributed by atoms with Gasteiger partial charge >= 0.3 is 0 Å². The maximum atomic E-state index is 12.7. The minimum Gasteiger partial charge on any atom is -0.366 e. The monoisotopic (exact) mass is 406 g/mol. The average molecular weight is 407 g/mol. The summed E-state index contributed by atoms with van der Waals surface area (Å²) >= 11 is 7.54. The number of hydrogen-bond acceptors (Lipinski definition) is 6. The van der Waals surface area contributed by atoms with Crippen LogP contribution in [-0.4, -0.2) is 68.6 Å². The van der Waals surface area contributed by atoms with Gasteiger partial charge in [-0.15, -0.1) is 0 Å². The number of aliphatic hydroxyl groups is 1. The van der Waals surface area contributed by atoms with Crippen molar-refractivity contribution in [2.45, 2.75) is 23.7 Å². The Kier molecular flexibility index (Phi) is 6.07. The SMILES string of the molecule is C/N=C1\SCC(O)(c2ccc(Cl)c(S(=O)(=O)NC(C)N(C)C)c2)N1C. The van der Waals surface area contributed by atoms with Crippen LogP contribution in [0, 0.1) is 0 Å². The summed E-state index contributed by atoms with van der Waals surface area (Å²) in [4.78, 5) is 7.42. The second kappa shape index (κ2) is 7.42. The minimum absolute atomic E-state index is 0.0610. The number of amidine groups is 1. The molecule has 7 nitrogen and oxygen atoms in total. The van der Waals surface area contributed by atoms with Gasteiger partial charge in [-0.05, 0) is 33.2 Å². The number of halogens is 1. The molecule has 1 saturated heterocycles. The quantitative estimate of drug-likeness (QED) is 0.717. The van der Waals surface area contributed by atoms with Gasteiger partial charge in [0, 0.05) is 19.7 Å². The van der Waals surface area contributed by atoms with Crippen LogP contribution < -0.4 is 4.72 Å². The van der Waals surface area contributed by atoms with E-state index >= 15 is 0 Å². The zero-order chi connectivity index (χ0) is 19.0. The van der Waals surface area contributed by atoms with E-state index < -0.39 is 21.9 Å². The standard InChI is InChI=1S/C15H23ClN4O3S2/c1-10(19(3)4)18-25(22,23)13-8-11(6-7-12(13)16)15(21)9-24-14(17-2)20(15)5/h6-8,10,18,21H,9H2,1-5H3/b17-14-. The third-order valence-electron chi connectivity index (χ3n) is 4.22. The first-order valence-corrected chi connectivity index (χ1v) is 10.4. The lowest BCUT2D eigenvalue weighted by atomic mass is 10.0. The van der Waals surface area contributed by atoms with Gasteiger partial charge in [-0.3, -0.25) is 9.89 Å². The maximum Gasteiger partial charge on any atom is 0.243 e. The van der Waals surface area contributed by atoms with Gasteiger partial charge in [-0.2, -0.15) is 4.72 Å². The number of hydrogen-bond donors (Lipinski definition) is 2. The Morgan fingerprint density at radius 1 is 1.48 bits per heavy atom. The van der Waals surface area contributed by atoms with E-state index in [1.165, 1.54) is 23.9 Å². The van der Waals surface area contributed by atoms with Gasteiger partial charge in [0.05, 0.1) is 16.9 Å². The Balaban J connectivity index is 2.45. The molecule has 1 aliphatic heterocycles. The van der Waals surface area contributed by atoms with Crippen LogP contribution in [0.3, 0.4) is 0 Å². The van der Waals surface area contributed by atoms with Gasteiger partial charge in [-0.25, -0.2) is 8.42 Å². The van der Waals surface area contributed by atoms with Gasteiger partial charge in [0.1, 0.15) is 4.90 Å². The van der Waals surface area contributed by atoms with Crippen molar-refractivity contribution in [1.82, 2.24) is 14.5 Å². The van der Waals surface area contributed by atoms with Crippen LogP contribution in [0.2, 0.25) is 5.02 Å². The lowest BCUT2D eigenvalue weighted by Gasteiger charge is -2.31. The number of sulfonamides is 1. The molecule has 140 valence electrons. The number of nitrogens with zero attached hydrogens (tertiary/aromatic N) is 3. The fourth-order valence-corrected chi connectivity index (χ4v) is 5.34. The summed E-state index contributed by atoms with van der Waals surface area (Å²) in [7, 11) is 3.06. The molecule has 1 aliphatic rings. The molecule has 2 N–H and O–H groups in total. The van der Waals surface area contributed by atoms with Gasteiger partial charge in [0.25, 0.3) is 0 Å². The molecule has 0 radical (unpaired) electrons. The summed E-state index contributed by atoms with van der Waals surface area (Å²) in [5.41, 5.74) is -0.898. The van der Waals surface area contributed by atoms with Gasteiger partial charge in [-0.1, -0.05) is 29.4 Å². The molecule has 0 aliphatic carbocycles. The predicted octanol–water partition coefficient (Wildman–Crippen LogP) is 1.34. The van der Waals surface area contributed by atoms with Crippen molar-refractivity contribution in [3.8, 4) is 0 Å². The van der Waals surface area contributed by atoms with Crippen LogP contribution in [-0.2, 0) is 15.7 Å². The Morgan fingerprint density at radius 3 is 2.64 bits per heavy atom. The highest BCUT2D eigenvalue weighted by molar-refractivity contribution is 8.14. The van der Waals surface area contributed by atoms with E-state index in [0.29, 0.717) is 16.5 Å². The van der Waals surface area contributed by atoms with Crippen LogP contribution in [0.25, 0.3) is 0 Å². The second-order valence-corrected chi connectivity index (χ2v) is 9.11. The van der Waals surface area contributed by atoms with Crippen molar-refractivity contribution in [3.63, 3.8) is 0 Å². The summed E-state index contributed by atoms with van der Waals surface area (Å²) in [5, 5.41) is 11.8. The number of benzene rings is 1. The van der Waals surface area contributed by atoms with Crippen LogP contribution in [0.1, 0.15) is 12.5 Å². The number of aliphatic imine (C=N–C) groups is 1. The predicted molar refractivity (Wildman–Crippen MR) is 102 cm³/mol. The Labute approximate surface area is 158 Å². The third kappa shape index (κ3) is 3.96. The zero-order valence-electron chi connectivity index (χ0n) is 14.8. The molecule has 1 aromatic rings. The molecular formula is C15H23ClN4O3S2. The first-order chi connectivity index (χ1) is 11.5. The van der Waals surface area contributed by atoms with Gasteiger partial charge < -0.3 is 10.0 Å². The lowest BCUT2D eigenvalue weighted by Crippen LogP contribution is -2.43. The van der Waals surface area contributed by atoms with E-state index in [2.05, 4.69) is 9.71 Å². The van der Waals surface area contributed by atoms with Crippen LogP contribution in [0.15, 0.2) is 28.1 Å². The van der Waals surface area contributed by atoms with Crippen molar-refractivity contribution < 1.29 is 13.5 Å². The normalized spacial score (nSPS) is 24.3. The summed E-state index contributed by atoms with van der Waals surface area (Å²) in [6.07, 6.45) is -0.406. The lowest BCUT2D eigenvalue weighted by molar-refractivity contribution is -0.0349. The minimum atomic E-state index is -3.84. The number of nitrogens with one attached hydrogen (secondary N) is 1. The molecule has 2 rings (SSSR count). The van der Waals surface area contributed by atoms with E-state index in [0.717, 1.165) is 0 Å². The highest BCUT2D eigenvalue weighted by atomic mass is 35.5. The van der Waals surface area contributed by atoms with Crippen molar-refractivity contribution in [1.29, 1.82) is 0 Å². The van der Waals surface area contributed by atoms with E-state index in [9.17, 15) is 13.5 Å². The fraction of sp³-hybridized carbons (Fsp3) is 0.533. The molecule has 0 amide bonds. The van der Waals surface area contributed by atoms with Crippen molar-refractivity contribution in [2.24, 2.45) is 4.99 Å². The molecule has 1 fully saturated rings. The zero-order valence-corrected chi connectivity index (χ0v) is 17.2.